The van der Waals surface area contributed by atoms with E-state index in [1.165, 1.54) is 9.55 Å². The Morgan fingerprint density at radius 1 is 1.18 bits per heavy atom. The summed E-state index contributed by atoms with van der Waals surface area (Å²) in [6, 6.07) is 9.13. The van der Waals surface area contributed by atoms with Crippen LogP contribution in [0.5, 0.6) is 0 Å². The summed E-state index contributed by atoms with van der Waals surface area (Å²) in [4.78, 5) is 6.96. The van der Waals surface area contributed by atoms with Gasteiger partial charge in [0.2, 0.25) is 0 Å². The van der Waals surface area contributed by atoms with Gasteiger partial charge in [0.1, 0.15) is 0 Å². The Hall–Kier alpha value is -2.64. The second-order valence-electron chi connectivity index (χ2n) is 7.46. The van der Waals surface area contributed by atoms with Crippen molar-refractivity contribution >= 4 is 32.3 Å². The fourth-order valence-corrected chi connectivity index (χ4v) is 5.42. The predicted molar refractivity (Wildman–Crippen MR) is 111 cm³/mol. The van der Waals surface area contributed by atoms with Crippen molar-refractivity contribution in [1.82, 2.24) is 13.9 Å². The van der Waals surface area contributed by atoms with Crippen LogP contribution in [0.25, 0.3) is 16.6 Å². The van der Waals surface area contributed by atoms with Crippen LogP contribution in [0.4, 0.5) is 5.69 Å². The zero-order chi connectivity index (χ0) is 19.3. The summed E-state index contributed by atoms with van der Waals surface area (Å²) in [5.74, 6) is 0. The average Bonchev–Trinajstić information content (AvgIpc) is 3.33. The lowest BCUT2D eigenvalue weighted by Crippen LogP contribution is -2.23. The van der Waals surface area contributed by atoms with E-state index in [1.54, 1.807) is 24.5 Å². The monoisotopic (exact) mass is 394 g/mol. The second-order valence-corrected chi connectivity index (χ2v) is 9.27. The number of pyridine rings is 1. The van der Waals surface area contributed by atoms with Crippen LogP contribution in [0.1, 0.15) is 17.5 Å². The molecule has 4 heterocycles. The molecule has 0 saturated heterocycles. The molecule has 1 aromatic carbocycles. The highest BCUT2D eigenvalue weighted by molar-refractivity contribution is 7.90. The molecule has 2 aliphatic rings. The van der Waals surface area contributed by atoms with E-state index in [2.05, 4.69) is 28.3 Å². The Bertz CT molecular complexity index is 1210. The highest BCUT2D eigenvalue weighted by Gasteiger charge is 2.25. The first-order valence-electron chi connectivity index (χ1n) is 9.50. The van der Waals surface area contributed by atoms with Gasteiger partial charge in [-0.1, -0.05) is 6.08 Å². The van der Waals surface area contributed by atoms with Gasteiger partial charge in [0.25, 0.3) is 10.0 Å². The molecule has 0 radical (unpaired) electrons. The van der Waals surface area contributed by atoms with Crippen LogP contribution < -0.4 is 5.32 Å². The molecule has 2 aromatic heterocycles. The molecule has 7 heteroatoms. The third-order valence-electron chi connectivity index (χ3n) is 5.63. The Labute approximate surface area is 164 Å². The van der Waals surface area contributed by atoms with Crippen molar-refractivity contribution in [2.75, 3.05) is 32.0 Å². The van der Waals surface area contributed by atoms with Gasteiger partial charge >= 0.3 is 0 Å². The Kier molecular flexibility index (Phi) is 4.03. The summed E-state index contributed by atoms with van der Waals surface area (Å²) < 4.78 is 28.3. The number of aromatic nitrogens is 2. The van der Waals surface area contributed by atoms with E-state index in [9.17, 15) is 8.42 Å². The van der Waals surface area contributed by atoms with Crippen molar-refractivity contribution in [2.24, 2.45) is 0 Å². The number of benzene rings is 1. The lowest BCUT2D eigenvalue weighted by atomic mass is 10.00. The standard InChI is InChI=1S/C21H22N4O2S/c1-24-11-7-15(8-12-24)19-14-25(21-18(19)3-2-9-23-21)28(26,27)17-4-5-20-16(13-17)6-10-22-20/h2-5,7,9,13-14,22H,6,8,10-12H2,1H3. The highest BCUT2D eigenvalue weighted by Crippen LogP contribution is 2.33. The first-order valence-corrected chi connectivity index (χ1v) is 10.9. The normalized spacial score (nSPS) is 17.4. The smallest absolute Gasteiger partial charge is 0.269 e. The molecular formula is C21H22N4O2S. The van der Waals surface area contributed by atoms with Gasteiger partial charge in [-0.2, -0.15) is 0 Å². The lowest BCUT2D eigenvalue weighted by molar-refractivity contribution is 0.370. The zero-order valence-electron chi connectivity index (χ0n) is 15.7. The molecule has 28 heavy (non-hydrogen) atoms. The van der Waals surface area contributed by atoms with Crippen molar-refractivity contribution in [3.63, 3.8) is 0 Å². The van der Waals surface area contributed by atoms with Crippen molar-refractivity contribution in [3.8, 4) is 0 Å². The number of hydrogen-bond donors (Lipinski definition) is 1. The van der Waals surface area contributed by atoms with Crippen LogP contribution in [-0.4, -0.2) is 49.0 Å². The Morgan fingerprint density at radius 2 is 2.07 bits per heavy atom. The van der Waals surface area contributed by atoms with Crippen LogP contribution in [0.2, 0.25) is 0 Å². The first-order chi connectivity index (χ1) is 13.5. The van der Waals surface area contributed by atoms with Crippen molar-refractivity contribution in [2.45, 2.75) is 17.7 Å². The summed E-state index contributed by atoms with van der Waals surface area (Å²) in [5, 5.41) is 4.15. The number of likely N-dealkylation sites (N-methyl/N-ethyl adjacent to an activating group) is 1. The molecule has 0 aliphatic carbocycles. The number of anilines is 1. The maximum Gasteiger partial charge on any atom is 0.269 e. The summed E-state index contributed by atoms with van der Waals surface area (Å²) in [6.07, 6.45) is 7.32. The maximum absolute atomic E-state index is 13.5. The molecule has 0 atom stereocenters. The van der Waals surface area contributed by atoms with Gasteiger partial charge in [0.05, 0.1) is 4.90 Å². The number of nitrogens with zero attached hydrogens (tertiary/aromatic N) is 3. The van der Waals surface area contributed by atoms with Gasteiger partial charge in [0.15, 0.2) is 5.65 Å². The lowest BCUT2D eigenvalue weighted by Gasteiger charge is -2.21. The average molecular weight is 395 g/mol. The summed E-state index contributed by atoms with van der Waals surface area (Å²) >= 11 is 0. The van der Waals surface area contributed by atoms with Crippen LogP contribution in [0, 0.1) is 0 Å². The fraction of sp³-hybridized carbons (Fsp3) is 0.286. The van der Waals surface area contributed by atoms with E-state index in [0.717, 1.165) is 54.7 Å². The van der Waals surface area contributed by atoms with E-state index in [4.69, 9.17) is 0 Å². The molecule has 0 spiro atoms. The van der Waals surface area contributed by atoms with Gasteiger partial charge in [0, 0.05) is 48.7 Å². The molecule has 0 fully saturated rings. The largest absolute Gasteiger partial charge is 0.384 e. The quantitative estimate of drug-likeness (QED) is 0.740. The van der Waals surface area contributed by atoms with Crippen LogP contribution in [0.3, 0.4) is 0 Å². The molecular weight excluding hydrogens is 372 g/mol. The fourth-order valence-electron chi connectivity index (χ4n) is 4.04. The van der Waals surface area contributed by atoms with Crippen molar-refractivity contribution < 1.29 is 8.42 Å². The molecule has 0 amide bonds. The molecule has 0 saturated carbocycles. The van der Waals surface area contributed by atoms with Gasteiger partial charge in [-0.05, 0) is 61.4 Å². The maximum atomic E-state index is 13.5. The zero-order valence-corrected chi connectivity index (χ0v) is 16.5. The van der Waals surface area contributed by atoms with E-state index in [0.29, 0.717) is 10.5 Å². The second kappa shape index (κ2) is 6.46. The molecule has 2 aliphatic heterocycles. The van der Waals surface area contributed by atoms with Gasteiger partial charge in [-0.25, -0.2) is 17.4 Å². The molecule has 1 N–H and O–H groups in total. The summed E-state index contributed by atoms with van der Waals surface area (Å²) in [6.45, 7) is 2.68. The minimum absolute atomic E-state index is 0.307. The first kappa shape index (κ1) is 17.5. The topological polar surface area (TPSA) is 67.2 Å². The Morgan fingerprint density at radius 3 is 2.89 bits per heavy atom. The van der Waals surface area contributed by atoms with Crippen molar-refractivity contribution in [1.29, 1.82) is 0 Å². The number of hydrogen-bond acceptors (Lipinski definition) is 5. The SMILES string of the molecule is CN1CC=C(c2cn(S(=O)(=O)c3ccc4c(c3)CCN4)c3ncccc23)CC1. The molecule has 6 nitrogen and oxygen atoms in total. The van der Waals surface area contributed by atoms with Crippen LogP contribution in [-0.2, 0) is 16.4 Å². The molecule has 0 bridgehead atoms. The number of nitrogens with one attached hydrogen (secondary N) is 1. The van der Waals surface area contributed by atoms with E-state index in [-0.39, 0.29) is 0 Å². The Balaban J connectivity index is 1.67. The third-order valence-corrected chi connectivity index (χ3v) is 7.28. The molecule has 144 valence electrons. The van der Waals surface area contributed by atoms with E-state index < -0.39 is 10.0 Å². The highest BCUT2D eigenvalue weighted by atomic mass is 32.2. The van der Waals surface area contributed by atoms with Gasteiger partial charge in [-0.15, -0.1) is 0 Å². The van der Waals surface area contributed by atoms with E-state index >= 15 is 0 Å². The predicted octanol–water partition coefficient (Wildman–Crippen LogP) is 2.96. The van der Waals surface area contributed by atoms with Gasteiger partial charge < -0.3 is 10.2 Å². The molecule has 0 unspecified atom stereocenters. The number of rotatable bonds is 3. The minimum atomic E-state index is -3.73. The molecule has 3 aromatic rings. The minimum Gasteiger partial charge on any atom is -0.384 e. The van der Waals surface area contributed by atoms with Crippen molar-refractivity contribution in [3.05, 3.63) is 59.9 Å². The van der Waals surface area contributed by atoms with E-state index in [1.807, 2.05) is 18.2 Å². The van der Waals surface area contributed by atoms with Crippen LogP contribution >= 0.6 is 0 Å². The summed E-state index contributed by atoms with van der Waals surface area (Å²) in [7, 11) is -1.64. The summed E-state index contributed by atoms with van der Waals surface area (Å²) in [5.41, 5.74) is 4.69. The number of fused-ring (bicyclic) bond motifs is 2. The molecule has 5 rings (SSSR count). The van der Waals surface area contributed by atoms with Gasteiger partial charge in [-0.3, -0.25) is 0 Å². The van der Waals surface area contributed by atoms with Crippen LogP contribution in [0.15, 0.2) is 53.7 Å². The third kappa shape index (κ3) is 2.73.